The van der Waals surface area contributed by atoms with Crippen LogP contribution in [0.2, 0.25) is 0 Å². The fourth-order valence-electron chi connectivity index (χ4n) is 3.31. The minimum absolute atomic E-state index is 0.0275. The standard InChI is InChI=1S/C23H47NO3/c1-3-5-7-9-10-15-22-27-23(26)17-12-11-14-19-24(20-16-21-25)18-13-8-6-4-2/h25H,3-22H2,1-2H3. The van der Waals surface area contributed by atoms with E-state index in [4.69, 9.17) is 9.84 Å². The Hall–Kier alpha value is -0.610. The lowest BCUT2D eigenvalue weighted by molar-refractivity contribution is -0.143. The number of aliphatic hydroxyl groups is 1. The molecule has 0 rings (SSSR count). The molecule has 0 aromatic carbocycles. The summed E-state index contributed by atoms with van der Waals surface area (Å²) in [6, 6.07) is 0. The van der Waals surface area contributed by atoms with Crippen molar-refractivity contribution in [2.24, 2.45) is 0 Å². The molecule has 162 valence electrons. The van der Waals surface area contributed by atoms with Crippen LogP contribution in [0.3, 0.4) is 0 Å². The zero-order valence-electron chi connectivity index (χ0n) is 18.4. The third-order valence-electron chi connectivity index (χ3n) is 5.08. The summed E-state index contributed by atoms with van der Waals surface area (Å²) in [6.07, 6.45) is 17.0. The number of hydrogen-bond acceptors (Lipinski definition) is 4. The van der Waals surface area contributed by atoms with Crippen LogP contribution in [0.4, 0.5) is 0 Å². The Morgan fingerprint density at radius 1 is 0.704 bits per heavy atom. The summed E-state index contributed by atoms with van der Waals surface area (Å²) in [7, 11) is 0. The number of nitrogens with zero attached hydrogens (tertiary/aromatic N) is 1. The molecule has 4 heteroatoms. The van der Waals surface area contributed by atoms with E-state index in [1.54, 1.807) is 0 Å². The van der Waals surface area contributed by atoms with Crippen molar-refractivity contribution < 1.29 is 14.6 Å². The largest absolute Gasteiger partial charge is 0.466 e. The summed E-state index contributed by atoms with van der Waals surface area (Å²) >= 11 is 0. The van der Waals surface area contributed by atoms with Crippen LogP contribution in [-0.4, -0.2) is 48.8 Å². The highest BCUT2D eigenvalue weighted by Crippen LogP contribution is 2.08. The summed E-state index contributed by atoms with van der Waals surface area (Å²) in [4.78, 5) is 14.2. The second-order valence-corrected chi connectivity index (χ2v) is 7.78. The quantitative estimate of drug-likeness (QED) is 0.203. The summed E-state index contributed by atoms with van der Waals surface area (Å²) < 4.78 is 5.33. The molecule has 0 heterocycles. The zero-order chi connectivity index (χ0) is 20.0. The molecule has 1 N–H and O–H groups in total. The first-order valence-electron chi connectivity index (χ1n) is 11.7. The molecule has 0 fully saturated rings. The molecule has 0 spiro atoms. The van der Waals surface area contributed by atoms with Crippen molar-refractivity contribution in [1.82, 2.24) is 4.90 Å². The van der Waals surface area contributed by atoms with Crippen LogP contribution >= 0.6 is 0 Å². The fraction of sp³-hybridized carbons (Fsp3) is 0.957. The molecule has 0 radical (unpaired) electrons. The van der Waals surface area contributed by atoms with Crippen molar-refractivity contribution in [3.8, 4) is 0 Å². The highest BCUT2D eigenvalue weighted by molar-refractivity contribution is 5.69. The number of ether oxygens (including phenoxy) is 1. The predicted octanol–water partition coefficient (Wildman–Crippen LogP) is 5.72. The highest BCUT2D eigenvalue weighted by atomic mass is 16.5. The van der Waals surface area contributed by atoms with Gasteiger partial charge >= 0.3 is 5.97 Å². The van der Waals surface area contributed by atoms with Gasteiger partial charge in [-0.3, -0.25) is 4.79 Å². The van der Waals surface area contributed by atoms with Gasteiger partial charge in [0.25, 0.3) is 0 Å². The van der Waals surface area contributed by atoms with E-state index in [9.17, 15) is 4.79 Å². The second-order valence-electron chi connectivity index (χ2n) is 7.78. The van der Waals surface area contributed by atoms with Crippen LogP contribution in [-0.2, 0) is 9.53 Å². The monoisotopic (exact) mass is 385 g/mol. The summed E-state index contributed by atoms with van der Waals surface area (Å²) in [5, 5.41) is 9.06. The van der Waals surface area contributed by atoms with E-state index in [2.05, 4.69) is 18.7 Å². The first kappa shape index (κ1) is 26.4. The van der Waals surface area contributed by atoms with Gasteiger partial charge in [-0.1, -0.05) is 71.6 Å². The summed E-state index contributed by atoms with van der Waals surface area (Å²) in [5.41, 5.74) is 0. The third-order valence-corrected chi connectivity index (χ3v) is 5.08. The SMILES string of the molecule is CCCCCCCCOC(=O)CCCCCN(CCCO)CCCCCC. The Balaban J connectivity index is 3.58. The van der Waals surface area contributed by atoms with Gasteiger partial charge in [0.05, 0.1) is 6.61 Å². The summed E-state index contributed by atoms with van der Waals surface area (Å²) in [6.45, 7) is 8.54. The number of carbonyl (C=O) groups is 1. The van der Waals surface area contributed by atoms with Crippen LogP contribution in [0.25, 0.3) is 0 Å². The molecule has 0 aliphatic carbocycles. The third kappa shape index (κ3) is 19.9. The first-order chi connectivity index (χ1) is 13.2. The zero-order valence-corrected chi connectivity index (χ0v) is 18.4. The molecule has 4 nitrogen and oxygen atoms in total. The molecule has 0 saturated heterocycles. The number of aliphatic hydroxyl groups excluding tert-OH is 1. The van der Waals surface area contributed by atoms with Crippen molar-refractivity contribution in [3.05, 3.63) is 0 Å². The van der Waals surface area contributed by atoms with Crippen molar-refractivity contribution in [3.63, 3.8) is 0 Å². The van der Waals surface area contributed by atoms with Gasteiger partial charge in [-0.15, -0.1) is 0 Å². The molecule has 0 amide bonds. The lowest BCUT2D eigenvalue weighted by Gasteiger charge is -2.21. The minimum atomic E-state index is -0.0275. The van der Waals surface area contributed by atoms with Crippen molar-refractivity contribution in [2.75, 3.05) is 32.8 Å². The Bertz CT molecular complexity index is 310. The van der Waals surface area contributed by atoms with E-state index in [1.165, 1.54) is 57.8 Å². The molecule has 0 unspecified atom stereocenters. The van der Waals surface area contributed by atoms with Crippen LogP contribution in [0, 0.1) is 0 Å². The smallest absolute Gasteiger partial charge is 0.305 e. The van der Waals surface area contributed by atoms with Gasteiger partial charge in [-0.25, -0.2) is 0 Å². The molecular formula is C23H47NO3. The number of hydrogen-bond donors (Lipinski definition) is 1. The van der Waals surface area contributed by atoms with Gasteiger partial charge in [-0.05, 0) is 45.2 Å². The number of unbranched alkanes of at least 4 members (excludes halogenated alkanes) is 10. The minimum Gasteiger partial charge on any atom is -0.466 e. The lowest BCUT2D eigenvalue weighted by atomic mass is 10.1. The maximum Gasteiger partial charge on any atom is 0.305 e. The maximum atomic E-state index is 11.8. The van der Waals surface area contributed by atoms with Crippen molar-refractivity contribution in [1.29, 1.82) is 0 Å². The van der Waals surface area contributed by atoms with E-state index in [1.807, 2.05) is 0 Å². The number of carbonyl (C=O) groups excluding carboxylic acids is 1. The van der Waals surface area contributed by atoms with E-state index >= 15 is 0 Å². The molecule has 0 aromatic rings. The number of esters is 1. The van der Waals surface area contributed by atoms with Crippen molar-refractivity contribution >= 4 is 5.97 Å². The van der Waals surface area contributed by atoms with Crippen LogP contribution < -0.4 is 0 Å². The van der Waals surface area contributed by atoms with Gasteiger partial charge < -0.3 is 14.7 Å². The van der Waals surface area contributed by atoms with E-state index in [0.29, 0.717) is 13.0 Å². The Morgan fingerprint density at radius 2 is 1.22 bits per heavy atom. The van der Waals surface area contributed by atoms with Crippen LogP contribution in [0.1, 0.15) is 110 Å². The van der Waals surface area contributed by atoms with Gasteiger partial charge in [0.15, 0.2) is 0 Å². The normalized spacial score (nSPS) is 11.3. The first-order valence-corrected chi connectivity index (χ1v) is 11.7. The van der Waals surface area contributed by atoms with Gasteiger partial charge in [0, 0.05) is 19.6 Å². The second kappa shape index (κ2) is 21.7. The van der Waals surface area contributed by atoms with Gasteiger partial charge in [-0.2, -0.15) is 0 Å². The molecule has 0 aromatic heterocycles. The summed E-state index contributed by atoms with van der Waals surface area (Å²) in [5.74, 6) is -0.0275. The van der Waals surface area contributed by atoms with Gasteiger partial charge in [0.1, 0.15) is 0 Å². The molecule has 27 heavy (non-hydrogen) atoms. The molecule has 0 atom stereocenters. The van der Waals surface area contributed by atoms with Crippen LogP contribution in [0.5, 0.6) is 0 Å². The molecule has 0 saturated carbocycles. The van der Waals surface area contributed by atoms with E-state index in [0.717, 1.165) is 51.7 Å². The Morgan fingerprint density at radius 3 is 1.85 bits per heavy atom. The predicted molar refractivity (Wildman–Crippen MR) is 115 cm³/mol. The highest BCUT2D eigenvalue weighted by Gasteiger charge is 2.06. The van der Waals surface area contributed by atoms with E-state index < -0.39 is 0 Å². The Labute approximate surface area is 169 Å². The number of rotatable bonds is 21. The van der Waals surface area contributed by atoms with Crippen molar-refractivity contribution in [2.45, 2.75) is 110 Å². The van der Waals surface area contributed by atoms with Gasteiger partial charge in [0.2, 0.25) is 0 Å². The van der Waals surface area contributed by atoms with Crippen LogP contribution in [0.15, 0.2) is 0 Å². The maximum absolute atomic E-state index is 11.8. The average Bonchev–Trinajstić information content (AvgIpc) is 2.67. The fourth-order valence-corrected chi connectivity index (χ4v) is 3.31. The Kier molecular flexibility index (Phi) is 21.2. The van der Waals surface area contributed by atoms with E-state index in [-0.39, 0.29) is 12.6 Å². The molecule has 0 aliphatic rings. The average molecular weight is 386 g/mol. The molecular weight excluding hydrogens is 338 g/mol. The topological polar surface area (TPSA) is 49.8 Å². The molecule has 0 aliphatic heterocycles. The molecule has 0 bridgehead atoms. The lowest BCUT2D eigenvalue weighted by Crippen LogP contribution is -2.28.